The maximum atomic E-state index is 11.6. The van der Waals surface area contributed by atoms with E-state index >= 15 is 0 Å². The van der Waals surface area contributed by atoms with Crippen LogP contribution in [-0.2, 0) is 11.8 Å². The standard InChI is InChI=1S/C10H17N3O2/c1-10(2,15-4)6-5-9(14)8-7-13(3)12-11-8/h7H,5-6H2,1-4H3. The smallest absolute Gasteiger partial charge is 0.184 e. The average Bonchev–Trinajstić information content (AvgIpc) is 2.61. The number of hydrogen-bond donors (Lipinski definition) is 0. The quantitative estimate of drug-likeness (QED) is 0.687. The summed E-state index contributed by atoms with van der Waals surface area (Å²) in [4.78, 5) is 11.6. The van der Waals surface area contributed by atoms with Crippen LogP contribution in [0.25, 0.3) is 0 Å². The predicted molar refractivity (Wildman–Crippen MR) is 55.7 cm³/mol. The second-order valence-electron chi connectivity index (χ2n) is 4.16. The van der Waals surface area contributed by atoms with Crippen LogP contribution in [0.1, 0.15) is 37.2 Å². The summed E-state index contributed by atoms with van der Waals surface area (Å²) in [7, 11) is 3.38. The predicted octanol–water partition coefficient (Wildman–Crippen LogP) is 1.20. The molecule has 1 heterocycles. The molecule has 1 rings (SSSR count). The summed E-state index contributed by atoms with van der Waals surface area (Å²) in [6, 6.07) is 0. The third-order valence-electron chi connectivity index (χ3n) is 2.40. The Hall–Kier alpha value is -1.23. The van der Waals surface area contributed by atoms with Crippen molar-refractivity contribution in [2.45, 2.75) is 32.3 Å². The topological polar surface area (TPSA) is 57.0 Å². The number of carbonyl (C=O) groups excluding carboxylic acids is 1. The van der Waals surface area contributed by atoms with Gasteiger partial charge in [-0.05, 0) is 20.3 Å². The largest absolute Gasteiger partial charge is 0.379 e. The second-order valence-corrected chi connectivity index (χ2v) is 4.16. The molecule has 0 aliphatic carbocycles. The molecule has 0 aromatic carbocycles. The fraction of sp³-hybridized carbons (Fsp3) is 0.700. The third-order valence-corrected chi connectivity index (χ3v) is 2.40. The molecular formula is C10H17N3O2. The summed E-state index contributed by atoms with van der Waals surface area (Å²) in [5.41, 5.74) is 0.155. The van der Waals surface area contributed by atoms with Gasteiger partial charge < -0.3 is 4.74 Å². The van der Waals surface area contributed by atoms with Crippen LogP contribution < -0.4 is 0 Å². The number of ketones is 1. The van der Waals surface area contributed by atoms with E-state index < -0.39 is 0 Å². The van der Waals surface area contributed by atoms with Crippen LogP contribution in [0.5, 0.6) is 0 Å². The van der Waals surface area contributed by atoms with Crippen LogP contribution in [0.15, 0.2) is 6.20 Å². The van der Waals surface area contributed by atoms with Gasteiger partial charge >= 0.3 is 0 Å². The summed E-state index contributed by atoms with van der Waals surface area (Å²) < 4.78 is 6.76. The van der Waals surface area contributed by atoms with Crippen LogP contribution in [0.2, 0.25) is 0 Å². The maximum absolute atomic E-state index is 11.6. The van der Waals surface area contributed by atoms with Crippen LogP contribution >= 0.6 is 0 Å². The highest BCUT2D eigenvalue weighted by Crippen LogP contribution is 2.16. The zero-order valence-electron chi connectivity index (χ0n) is 9.65. The van der Waals surface area contributed by atoms with E-state index in [1.165, 1.54) is 4.68 Å². The summed E-state index contributed by atoms with van der Waals surface area (Å²) in [6.45, 7) is 3.91. The Balaban J connectivity index is 2.50. The number of Topliss-reactive ketones (excluding diaryl/α,β-unsaturated/α-hetero) is 1. The number of rotatable bonds is 5. The molecule has 1 aromatic heterocycles. The molecule has 0 radical (unpaired) electrons. The van der Waals surface area contributed by atoms with Crippen molar-refractivity contribution in [1.82, 2.24) is 15.0 Å². The number of nitrogens with zero attached hydrogens (tertiary/aromatic N) is 3. The van der Waals surface area contributed by atoms with Crippen molar-refractivity contribution in [3.63, 3.8) is 0 Å². The summed E-state index contributed by atoms with van der Waals surface area (Å²) >= 11 is 0. The molecule has 84 valence electrons. The van der Waals surface area contributed by atoms with Crippen LogP contribution in [-0.4, -0.2) is 33.5 Å². The molecule has 0 atom stereocenters. The van der Waals surface area contributed by atoms with Gasteiger partial charge in [-0.25, -0.2) is 0 Å². The molecule has 0 fully saturated rings. The number of aryl methyl sites for hydroxylation is 1. The van der Waals surface area contributed by atoms with Gasteiger partial charge in [0.15, 0.2) is 5.78 Å². The van der Waals surface area contributed by atoms with E-state index in [0.29, 0.717) is 18.5 Å². The van der Waals surface area contributed by atoms with Crippen LogP contribution in [0.4, 0.5) is 0 Å². The van der Waals surface area contributed by atoms with Crippen LogP contribution in [0.3, 0.4) is 0 Å². The first-order valence-corrected chi connectivity index (χ1v) is 4.89. The lowest BCUT2D eigenvalue weighted by atomic mass is 10.00. The lowest BCUT2D eigenvalue weighted by Gasteiger charge is -2.21. The maximum Gasteiger partial charge on any atom is 0.184 e. The van der Waals surface area contributed by atoms with E-state index in [1.54, 1.807) is 20.4 Å². The van der Waals surface area contributed by atoms with Crippen molar-refractivity contribution in [3.05, 3.63) is 11.9 Å². The van der Waals surface area contributed by atoms with Gasteiger partial charge in [0, 0.05) is 20.6 Å². The van der Waals surface area contributed by atoms with Crippen molar-refractivity contribution in [3.8, 4) is 0 Å². The Morgan fingerprint density at radius 2 is 2.27 bits per heavy atom. The van der Waals surface area contributed by atoms with Gasteiger partial charge in [-0.3, -0.25) is 9.48 Å². The molecule has 5 nitrogen and oxygen atoms in total. The van der Waals surface area contributed by atoms with E-state index in [-0.39, 0.29) is 11.4 Å². The van der Waals surface area contributed by atoms with E-state index in [4.69, 9.17) is 4.74 Å². The first-order chi connectivity index (χ1) is 6.94. The van der Waals surface area contributed by atoms with Crippen molar-refractivity contribution >= 4 is 5.78 Å². The average molecular weight is 211 g/mol. The fourth-order valence-corrected chi connectivity index (χ4v) is 1.12. The number of carbonyl (C=O) groups is 1. The first-order valence-electron chi connectivity index (χ1n) is 4.89. The fourth-order valence-electron chi connectivity index (χ4n) is 1.12. The number of hydrogen-bond acceptors (Lipinski definition) is 4. The van der Waals surface area contributed by atoms with Gasteiger partial charge in [0.25, 0.3) is 0 Å². The van der Waals surface area contributed by atoms with Crippen molar-refractivity contribution in [2.24, 2.45) is 7.05 Å². The van der Waals surface area contributed by atoms with Gasteiger partial charge in [0.1, 0.15) is 5.69 Å². The zero-order valence-corrected chi connectivity index (χ0v) is 9.65. The van der Waals surface area contributed by atoms with Gasteiger partial charge in [-0.2, -0.15) is 0 Å². The third kappa shape index (κ3) is 3.43. The SMILES string of the molecule is COC(C)(C)CCC(=O)c1cn(C)nn1. The van der Waals surface area contributed by atoms with E-state index in [2.05, 4.69) is 10.3 Å². The molecule has 0 amide bonds. The normalized spacial score (nSPS) is 11.7. The van der Waals surface area contributed by atoms with Gasteiger partial charge in [-0.1, -0.05) is 5.21 Å². The Kier molecular flexibility index (Phi) is 3.57. The molecule has 0 aliphatic rings. The molecule has 5 heteroatoms. The summed E-state index contributed by atoms with van der Waals surface area (Å²) in [5.74, 6) is 0.00762. The Morgan fingerprint density at radius 3 is 2.73 bits per heavy atom. The van der Waals surface area contributed by atoms with E-state index in [9.17, 15) is 4.79 Å². The monoisotopic (exact) mass is 211 g/mol. The molecule has 0 spiro atoms. The lowest BCUT2D eigenvalue weighted by Crippen LogP contribution is -2.23. The summed E-state index contributed by atoms with van der Waals surface area (Å²) in [5, 5.41) is 7.48. The molecule has 0 aliphatic heterocycles. The molecule has 0 bridgehead atoms. The zero-order chi connectivity index (χ0) is 11.5. The highest BCUT2D eigenvalue weighted by atomic mass is 16.5. The molecule has 1 aromatic rings. The number of methoxy groups -OCH3 is 1. The Bertz CT molecular complexity index is 344. The number of aromatic nitrogens is 3. The van der Waals surface area contributed by atoms with Crippen molar-refractivity contribution in [2.75, 3.05) is 7.11 Å². The Labute approximate surface area is 89.4 Å². The van der Waals surface area contributed by atoms with Gasteiger partial charge in [-0.15, -0.1) is 5.10 Å². The molecule has 0 N–H and O–H groups in total. The van der Waals surface area contributed by atoms with Gasteiger partial charge in [0.05, 0.1) is 11.8 Å². The minimum Gasteiger partial charge on any atom is -0.379 e. The van der Waals surface area contributed by atoms with Crippen LogP contribution in [0, 0.1) is 0 Å². The molecule has 0 saturated carbocycles. The molecule has 0 saturated heterocycles. The van der Waals surface area contributed by atoms with E-state index in [1.807, 2.05) is 13.8 Å². The van der Waals surface area contributed by atoms with Crippen molar-refractivity contribution in [1.29, 1.82) is 0 Å². The Morgan fingerprint density at radius 1 is 1.60 bits per heavy atom. The second kappa shape index (κ2) is 4.53. The van der Waals surface area contributed by atoms with Crippen molar-refractivity contribution < 1.29 is 9.53 Å². The number of ether oxygens (including phenoxy) is 1. The lowest BCUT2D eigenvalue weighted by molar-refractivity contribution is 0.0141. The minimum atomic E-state index is -0.266. The molecular weight excluding hydrogens is 194 g/mol. The highest BCUT2D eigenvalue weighted by molar-refractivity contribution is 5.93. The molecule has 15 heavy (non-hydrogen) atoms. The van der Waals surface area contributed by atoms with Gasteiger partial charge in [0.2, 0.25) is 0 Å². The van der Waals surface area contributed by atoms with E-state index in [0.717, 1.165) is 0 Å². The molecule has 0 unspecified atom stereocenters. The first kappa shape index (κ1) is 11.8. The summed E-state index contributed by atoms with van der Waals surface area (Å²) in [6.07, 6.45) is 2.74. The minimum absolute atomic E-state index is 0.00762. The highest BCUT2D eigenvalue weighted by Gasteiger charge is 2.19.